The molecule has 2 fully saturated rings. The van der Waals surface area contributed by atoms with E-state index in [1.807, 2.05) is 30.3 Å². The van der Waals surface area contributed by atoms with Crippen LogP contribution in [-0.4, -0.2) is 49.1 Å². The molecular formula is C36H36Cl3FN6O3. The summed E-state index contributed by atoms with van der Waals surface area (Å²) in [5.74, 6) is 0.334. The summed E-state index contributed by atoms with van der Waals surface area (Å²) in [4.78, 5) is 27.6. The van der Waals surface area contributed by atoms with Gasteiger partial charge >= 0.3 is 0 Å². The van der Waals surface area contributed by atoms with Gasteiger partial charge in [0.05, 0.1) is 34.2 Å². The number of carbonyl (C=O) groups is 2. The number of nitrogens with zero attached hydrogens (tertiary/aromatic N) is 1. The van der Waals surface area contributed by atoms with E-state index in [2.05, 4.69) is 31.6 Å². The highest BCUT2D eigenvalue weighted by Crippen LogP contribution is 2.42. The monoisotopic (exact) mass is 724 g/mol. The van der Waals surface area contributed by atoms with Crippen LogP contribution < -0.4 is 31.3 Å². The second-order valence-electron chi connectivity index (χ2n) is 12.1. The first kappa shape index (κ1) is 34.9. The number of pyridine rings is 1. The zero-order valence-corrected chi connectivity index (χ0v) is 29.0. The van der Waals surface area contributed by atoms with Crippen LogP contribution in [0.3, 0.4) is 0 Å². The molecule has 13 heteroatoms. The molecule has 2 atom stereocenters. The van der Waals surface area contributed by atoms with Gasteiger partial charge in [0.1, 0.15) is 5.75 Å². The lowest BCUT2D eigenvalue weighted by atomic mass is 10.0. The number of methoxy groups -OCH3 is 1. The molecule has 4 aromatic rings. The molecule has 6 rings (SSSR count). The van der Waals surface area contributed by atoms with Crippen molar-refractivity contribution in [2.45, 2.75) is 50.9 Å². The van der Waals surface area contributed by atoms with Crippen LogP contribution in [0.15, 0.2) is 60.8 Å². The SMILES string of the molecule is COc1cc(-c2nccc(-c3cccc(Nc4cc(Cl)cc(CNCC5CCC(=O)N5)c4F)c3Cl)c2Cl)ccc1CNCC1CCC(=O)N1. The van der Waals surface area contributed by atoms with Crippen LogP contribution in [0.1, 0.15) is 36.8 Å². The molecule has 3 aromatic carbocycles. The number of anilines is 2. The highest BCUT2D eigenvalue weighted by molar-refractivity contribution is 6.39. The van der Waals surface area contributed by atoms with E-state index in [4.69, 9.17) is 39.5 Å². The van der Waals surface area contributed by atoms with Crippen molar-refractivity contribution in [3.8, 4) is 28.1 Å². The largest absolute Gasteiger partial charge is 0.496 e. The van der Waals surface area contributed by atoms with Gasteiger partial charge in [0.25, 0.3) is 0 Å². The average Bonchev–Trinajstić information content (AvgIpc) is 3.71. The predicted molar refractivity (Wildman–Crippen MR) is 192 cm³/mol. The molecule has 0 radical (unpaired) electrons. The summed E-state index contributed by atoms with van der Waals surface area (Å²) in [5.41, 5.74) is 4.58. The summed E-state index contributed by atoms with van der Waals surface area (Å²) in [6.45, 7) is 2.00. The first-order valence-corrected chi connectivity index (χ1v) is 17.2. The van der Waals surface area contributed by atoms with Crippen molar-refractivity contribution in [2.24, 2.45) is 0 Å². The fraction of sp³-hybridized carbons (Fsp3) is 0.306. The second kappa shape index (κ2) is 15.7. The Morgan fingerprint density at radius 3 is 2.16 bits per heavy atom. The van der Waals surface area contributed by atoms with E-state index >= 15 is 4.39 Å². The maximum atomic E-state index is 15.7. The van der Waals surface area contributed by atoms with Crippen molar-refractivity contribution >= 4 is 58.0 Å². The van der Waals surface area contributed by atoms with Gasteiger partial charge in [0.15, 0.2) is 5.82 Å². The highest BCUT2D eigenvalue weighted by atomic mass is 35.5. The Hall–Kier alpha value is -3.93. The van der Waals surface area contributed by atoms with Crippen LogP contribution in [0.2, 0.25) is 15.1 Å². The highest BCUT2D eigenvalue weighted by Gasteiger charge is 2.22. The van der Waals surface area contributed by atoms with E-state index in [0.717, 1.165) is 24.0 Å². The Labute approximate surface area is 299 Å². The molecule has 2 aliphatic rings. The third kappa shape index (κ3) is 8.28. The zero-order valence-electron chi connectivity index (χ0n) is 26.8. The minimum Gasteiger partial charge on any atom is -0.496 e. The number of hydrogen-bond acceptors (Lipinski definition) is 7. The van der Waals surface area contributed by atoms with Crippen LogP contribution in [0.25, 0.3) is 22.4 Å². The molecule has 2 saturated heterocycles. The molecule has 2 amide bonds. The molecule has 0 spiro atoms. The number of amides is 2. The summed E-state index contributed by atoms with van der Waals surface area (Å²) in [6, 6.07) is 16.2. The van der Waals surface area contributed by atoms with E-state index in [0.29, 0.717) is 81.4 Å². The fourth-order valence-corrected chi connectivity index (χ4v) is 7.00. The molecule has 2 aliphatic heterocycles. The molecule has 256 valence electrons. The number of aromatic nitrogens is 1. The van der Waals surface area contributed by atoms with E-state index in [1.54, 1.807) is 31.5 Å². The lowest BCUT2D eigenvalue weighted by molar-refractivity contribution is -0.120. The summed E-state index contributed by atoms with van der Waals surface area (Å²) >= 11 is 20.3. The number of halogens is 4. The van der Waals surface area contributed by atoms with Crippen molar-refractivity contribution in [1.29, 1.82) is 0 Å². The van der Waals surface area contributed by atoms with Gasteiger partial charge in [-0.25, -0.2) is 4.39 Å². The third-order valence-corrected chi connectivity index (χ3v) is 9.71. The smallest absolute Gasteiger partial charge is 0.220 e. The Kier molecular flexibility index (Phi) is 11.2. The molecule has 5 N–H and O–H groups in total. The summed E-state index contributed by atoms with van der Waals surface area (Å²) in [5, 5.41) is 16.7. The van der Waals surface area contributed by atoms with Gasteiger partial charge in [0, 0.05) is 90.1 Å². The maximum absolute atomic E-state index is 15.7. The molecule has 2 unspecified atom stereocenters. The van der Waals surface area contributed by atoms with Crippen LogP contribution in [0, 0.1) is 5.82 Å². The molecule has 1 aromatic heterocycles. The topological polar surface area (TPSA) is 116 Å². The summed E-state index contributed by atoms with van der Waals surface area (Å²) in [7, 11) is 1.61. The minimum absolute atomic E-state index is 0.0249. The van der Waals surface area contributed by atoms with E-state index < -0.39 is 5.82 Å². The normalized spacial score (nSPS) is 17.2. The lowest BCUT2D eigenvalue weighted by Crippen LogP contribution is -2.35. The first-order chi connectivity index (χ1) is 23.7. The molecule has 3 heterocycles. The zero-order chi connectivity index (χ0) is 34.5. The Balaban J connectivity index is 1.19. The number of hydrogen-bond donors (Lipinski definition) is 5. The Morgan fingerprint density at radius 2 is 1.51 bits per heavy atom. The summed E-state index contributed by atoms with van der Waals surface area (Å²) in [6.07, 6.45) is 4.30. The van der Waals surface area contributed by atoms with Gasteiger partial charge < -0.3 is 31.3 Å². The van der Waals surface area contributed by atoms with Gasteiger partial charge in [0.2, 0.25) is 11.8 Å². The Bertz CT molecular complexity index is 1880. The molecule has 9 nitrogen and oxygen atoms in total. The van der Waals surface area contributed by atoms with Crippen molar-refractivity contribution < 1.29 is 18.7 Å². The number of benzene rings is 3. The van der Waals surface area contributed by atoms with Crippen molar-refractivity contribution in [1.82, 2.24) is 26.3 Å². The van der Waals surface area contributed by atoms with E-state index in [1.165, 1.54) is 6.07 Å². The van der Waals surface area contributed by atoms with Crippen molar-refractivity contribution in [3.63, 3.8) is 0 Å². The third-order valence-electron chi connectivity index (χ3n) is 8.70. The Morgan fingerprint density at radius 1 is 0.837 bits per heavy atom. The predicted octanol–water partition coefficient (Wildman–Crippen LogP) is 7.00. The second-order valence-corrected chi connectivity index (χ2v) is 13.3. The standard InChI is InChI=1S/C36H36Cl3FN6O3/c1-49-30-14-20(5-6-21(30)16-41-18-24-7-9-31(47)44-24)36-34(39)27(11-12-43-36)26-3-2-4-28(33(26)38)46-29-15-23(37)13-22(35(29)40)17-42-19-25-8-10-32(48)45-25/h2-6,11-15,24-25,41-42,46H,7-10,16-19H2,1H3,(H,44,47)(H,45,48). The molecule has 0 bridgehead atoms. The van der Waals surface area contributed by atoms with Crippen LogP contribution >= 0.6 is 34.8 Å². The van der Waals surface area contributed by atoms with Crippen molar-refractivity contribution in [2.75, 3.05) is 25.5 Å². The van der Waals surface area contributed by atoms with Gasteiger partial charge in [-0.1, -0.05) is 59.1 Å². The number of carbonyl (C=O) groups excluding carboxylic acids is 2. The molecule has 0 aliphatic carbocycles. The summed E-state index contributed by atoms with van der Waals surface area (Å²) < 4.78 is 21.4. The van der Waals surface area contributed by atoms with Crippen molar-refractivity contribution in [3.05, 3.63) is 92.8 Å². The van der Waals surface area contributed by atoms with E-state index in [9.17, 15) is 9.59 Å². The number of rotatable bonds is 13. The lowest BCUT2D eigenvalue weighted by Gasteiger charge is -2.17. The minimum atomic E-state index is -0.462. The molecular weight excluding hydrogens is 690 g/mol. The maximum Gasteiger partial charge on any atom is 0.220 e. The van der Waals surface area contributed by atoms with Crippen LogP contribution in [0.5, 0.6) is 5.75 Å². The van der Waals surface area contributed by atoms with Gasteiger partial charge in [-0.3, -0.25) is 14.6 Å². The average molecular weight is 726 g/mol. The number of nitrogens with one attached hydrogen (secondary N) is 5. The first-order valence-electron chi connectivity index (χ1n) is 16.1. The quantitative estimate of drug-likeness (QED) is 0.101. The van der Waals surface area contributed by atoms with Crippen LogP contribution in [-0.2, 0) is 22.7 Å². The van der Waals surface area contributed by atoms with Gasteiger partial charge in [-0.2, -0.15) is 0 Å². The van der Waals surface area contributed by atoms with E-state index in [-0.39, 0.29) is 36.1 Å². The van der Waals surface area contributed by atoms with Gasteiger partial charge in [-0.15, -0.1) is 0 Å². The molecule has 49 heavy (non-hydrogen) atoms. The number of ether oxygens (including phenoxy) is 1. The van der Waals surface area contributed by atoms with Gasteiger partial charge in [-0.05, 0) is 43.2 Å². The molecule has 0 saturated carbocycles. The fourth-order valence-electron chi connectivity index (χ4n) is 6.16. The van der Waals surface area contributed by atoms with Crippen LogP contribution in [0.4, 0.5) is 15.8 Å².